The Balaban J connectivity index is 4.12. The summed E-state index contributed by atoms with van der Waals surface area (Å²) in [7, 11) is 1.55. The van der Waals surface area contributed by atoms with Gasteiger partial charge in [0.05, 0.1) is 39.9 Å². The van der Waals surface area contributed by atoms with Crippen molar-refractivity contribution in [3.05, 3.63) is 97.2 Å². The first kappa shape index (κ1) is 80.4. The van der Waals surface area contributed by atoms with E-state index in [1.165, 1.54) is 218 Å². The minimum absolute atomic E-state index is 0.0511. The van der Waals surface area contributed by atoms with Gasteiger partial charge in [-0.1, -0.05) is 317 Å². The number of aliphatic hydroxyl groups is 1. The first-order valence-electron chi connectivity index (χ1n) is 35.1. The average molecular weight is 1180 g/mol. The number of hydrogen-bond donors (Lipinski definition) is 3. The summed E-state index contributed by atoms with van der Waals surface area (Å²) in [5.74, 6) is -0.190. The molecule has 0 aromatic rings. The molecular weight excluding hydrogens is 1040 g/mol. The number of phosphoric ester groups is 1. The van der Waals surface area contributed by atoms with Gasteiger partial charge in [-0.25, -0.2) is 4.57 Å². The van der Waals surface area contributed by atoms with Crippen LogP contribution in [0.1, 0.15) is 316 Å². The highest BCUT2D eigenvalue weighted by Crippen LogP contribution is 2.43. The van der Waals surface area contributed by atoms with Crippen molar-refractivity contribution in [3.8, 4) is 0 Å². The minimum atomic E-state index is -4.37. The molecule has 8 nitrogen and oxygen atoms in total. The van der Waals surface area contributed by atoms with Crippen LogP contribution in [0, 0.1) is 0 Å². The lowest BCUT2D eigenvalue weighted by molar-refractivity contribution is -0.870. The molecule has 3 unspecified atom stereocenters. The van der Waals surface area contributed by atoms with E-state index in [-0.39, 0.29) is 19.1 Å². The SMILES string of the molecule is CC/C=C\C/C=C\C/C=C\C/C=C\C/C=C\CCCCCCCCCCCCCCCCCCCC(=O)NC(COP(=O)(O)OCC[N+](C)(C)C)C(O)/C=C/CC/C=C/CC/C=C/CCCCCCCCCCCCCCCCCCCC. The van der Waals surface area contributed by atoms with Gasteiger partial charge in [0, 0.05) is 6.42 Å². The van der Waals surface area contributed by atoms with Gasteiger partial charge in [0.2, 0.25) is 5.91 Å². The normalized spacial score (nSPS) is 14.3. The van der Waals surface area contributed by atoms with Gasteiger partial charge in [0.15, 0.2) is 0 Å². The molecule has 0 rings (SSSR count). The Morgan fingerprint density at radius 3 is 1.11 bits per heavy atom. The highest BCUT2D eigenvalue weighted by atomic mass is 31.2. The van der Waals surface area contributed by atoms with Crippen molar-refractivity contribution < 1.29 is 32.9 Å². The molecule has 482 valence electrons. The van der Waals surface area contributed by atoms with Crippen LogP contribution in [0.15, 0.2) is 97.2 Å². The Bertz CT molecular complexity index is 1670. The number of amides is 1. The maximum Gasteiger partial charge on any atom is 0.472 e. The molecule has 1 amide bonds. The van der Waals surface area contributed by atoms with Gasteiger partial charge in [-0.2, -0.15) is 0 Å². The van der Waals surface area contributed by atoms with Crippen molar-refractivity contribution >= 4 is 13.7 Å². The highest BCUT2D eigenvalue weighted by molar-refractivity contribution is 7.47. The van der Waals surface area contributed by atoms with Crippen LogP contribution in [0.3, 0.4) is 0 Å². The summed E-state index contributed by atoms with van der Waals surface area (Å²) in [6.07, 6.45) is 92.8. The molecule has 0 fully saturated rings. The van der Waals surface area contributed by atoms with Crippen LogP contribution in [0.4, 0.5) is 0 Å². The number of likely N-dealkylation sites (N-methyl/N-ethyl adjacent to an activating group) is 1. The number of unbranched alkanes of at least 4 members (excludes halogenated alkanes) is 37. The summed E-state index contributed by atoms with van der Waals surface area (Å²) in [5, 5.41) is 14.0. The van der Waals surface area contributed by atoms with Gasteiger partial charge in [0.1, 0.15) is 13.2 Å². The van der Waals surface area contributed by atoms with E-state index in [2.05, 4.69) is 104 Å². The monoisotopic (exact) mass is 1180 g/mol. The predicted octanol–water partition coefficient (Wildman–Crippen LogP) is 22.5. The molecule has 0 saturated carbocycles. The maximum atomic E-state index is 13.1. The number of nitrogens with zero attached hydrogens (tertiary/aromatic N) is 1. The quantitative estimate of drug-likeness (QED) is 0.0243. The van der Waals surface area contributed by atoms with Gasteiger partial charge >= 0.3 is 7.82 Å². The molecule has 0 aliphatic rings. The zero-order valence-electron chi connectivity index (χ0n) is 55.2. The van der Waals surface area contributed by atoms with Crippen LogP contribution in [-0.2, 0) is 18.4 Å². The highest BCUT2D eigenvalue weighted by Gasteiger charge is 2.28. The van der Waals surface area contributed by atoms with Crippen molar-refractivity contribution in [2.45, 2.75) is 328 Å². The number of phosphoric acid groups is 1. The van der Waals surface area contributed by atoms with E-state index in [1.807, 2.05) is 27.2 Å². The molecule has 0 spiro atoms. The lowest BCUT2D eigenvalue weighted by Crippen LogP contribution is -2.45. The standard InChI is InChI=1S/C74H135N2O6P/c1-6-8-10-12-14-16-18-20-22-24-26-28-30-32-34-36-37-38-39-40-42-44-46-48-50-52-54-56-58-60-62-64-66-68-74(78)75-72(71-82-83(79,80)81-70-69-76(3,4)5)73(77)67-65-63-61-59-57-55-53-51-49-47-45-43-41-35-33-31-29-27-25-23-21-19-17-15-13-11-9-7-2/h8,10,14,16,20,22,26,28,32,34,49,51,57,59,65,67,72-73,77H,6-7,9,11-13,15,17-19,21,23-25,27,29-31,33,35-48,50,52-56,58,60-64,66,68-71H2,1-5H3,(H-,75,78,79,80)/p+1/b10-8-,16-14-,22-20-,28-26-,34-32-,51-49+,59-57+,67-65+. The molecule has 0 bridgehead atoms. The summed E-state index contributed by atoms with van der Waals surface area (Å²) < 4.78 is 23.8. The van der Waals surface area contributed by atoms with E-state index in [0.717, 1.165) is 77.0 Å². The molecule has 83 heavy (non-hydrogen) atoms. The van der Waals surface area contributed by atoms with Gasteiger partial charge in [-0.3, -0.25) is 13.8 Å². The van der Waals surface area contributed by atoms with E-state index in [0.29, 0.717) is 17.4 Å². The smallest absolute Gasteiger partial charge is 0.387 e. The largest absolute Gasteiger partial charge is 0.472 e. The molecule has 3 atom stereocenters. The fraction of sp³-hybridized carbons (Fsp3) is 0.770. The first-order chi connectivity index (χ1) is 40.5. The number of carbonyl (C=O) groups is 1. The number of aliphatic hydroxyl groups excluding tert-OH is 1. The number of carbonyl (C=O) groups excluding carboxylic acids is 1. The van der Waals surface area contributed by atoms with Crippen molar-refractivity contribution in [3.63, 3.8) is 0 Å². The van der Waals surface area contributed by atoms with E-state index in [1.54, 1.807) is 6.08 Å². The Kier molecular flexibility index (Phi) is 61.9. The zero-order valence-corrected chi connectivity index (χ0v) is 56.1. The number of nitrogens with one attached hydrogen (secondary N) is 1. The molecule has 0 aromatic heterocycles. The Labute approximate surface area is 515 Å². The van der Waals surface area contributed by atoms with Crippen LogP contribution < -0.4 is 5.32 Å². The fourth-order valence-corrected chi connectivity index (χ4v) is 10.8. The van der Waals surface area contributed by atoms with E-state index in [9.17, 15) is 19.4 Å². The number of rotatable bonds is 64. The maximum absolute atomic E-state index is 13.1. The van der Waals surface area contributed by atoms with E-state index in [4.69, 9.17) is 9.05 Å². The van der Waals surface area contributed by atoms with E-state index >= 15 is 0 Å². The number of quaternary nitrogens is 1. The molecule has 0 aliphatic heterocycles. The van der Waals surface area contributed by atoms with Gasteiger partial charge < -0.3 is 19.8 Å². The third-order valence-corrected chi connectivity index (χ3v) is 16.5. The van der Waals surface area contributed by atoms with Gasteiger partial charge in [0.25, 0.3) is 0 Å². The second-order valence-electron chi connectivity index (χ2n) is 24.9. The van der Waals surface area contributed by atoms with Crippen molar-refractivity contribution in [2.75, 3.05) is 40.9 Å². The summed E-state index contributed by atoms with van der Waals surface area (Å²) in [5.41, 5.74) is 0. The molecule has 9 heteroatoms. The van der Waals surface area contributed by atoms with Crippen LogP contribution in [0.25, 0.3) is 0 Å². The molecule has 0 aliphatic carbocycles. The summed E-state index contributed by atoms with van der Waals surface area (Å²) in [6.45, 7) is 4.70. The molecule has 0 radical (unpaired) electrons. The predicted molar refractivity (Wildman–Crippen MR) is 364 cm³/mol. The van der Waals surface area contributed by atoms with Gasteiger partial charge in [-0.05, 0) is 89.9 Å². The fourth-order valence-electron chi connectivity index (χ4n) is 10.1. The third kappa shape index (κ3) is 66.8. The van der Waals surface area contributed by atoms with Gasteiger partial charge in [-0.15, -0.1) is 0 Å². The van der Waals surface area contributed by atoms with Crippen molar-refractivity contribution in [1.29, 1.82) is 0 Å². The van der Waals surface area contributed by atoms with Crippen LogP contribution in [0.2, 0.25) is 0 Å². The van der Waals surface area contributed by atoms with Crippen LogP contribution in [-0.4, -0.2) is 73.4 Å². The second-order valence-corrected chi connectivity index (χ2v) is 26.3. The summed E-state index contributed by atoms with van der Waals surface area (Å²) in [6, 6.07) is -0.876. The number of hydrogen-bond acceptors (Lipinski definition) is 5. The van der Waals surface area contributed by atoms with Crippen LogP contribution >= 0.6 is 7.82 Å². The van der Waals surface area contributed by atoms with E-state index < -0.39 is 20.0 Å². The lowest BCUT2D eigenvalue weighted by atomic mass is 10.0. The molecular formula is C74H136N2O6P+. The molecule has 0 heterocycles. The van der Waals surface area contributed by atoms with Crippen molar-refractivity contribution in [1.82, 2.24) is 5.32 Å². The summed E-state index contributed by atoms with van der Waals surface area (Å²) >= 11 is 0. The molecule has 0 saturated heterocycles. The topological polar surface area (TPSA) is 105 Å². The Morgan fingerprint density at radius 2 is 0.735 bits per heavy atom. The van der Waals surface area contributed by atoms with Crippen molar-refractivity contribution in [2.24, 2.45) is 0 Å². The first-order valence-corrected chi connectivity index (χ1v) is 36.6. The minimum Gasteiger partial charge on any atom is -0.387 e. The summed E-state index contributed by atoms with van der Waals surface area (Å²) in [4.78, 5) is 23.4. The second kappa shape index (κ2) is 63.9. The lowest BCUT2D eigenvalue weighted by Gasteiger charge is -2.25. The number of allylic oxidation sites excluding steroid dienone is 15. The third-order valence-electron chi connectivity index (χ3n) is 15.5. The molecule has 0 aromatic carbocycles. The molecule has 3 N–H and O–H groups in total. The van der Waals surface area contributed by atoms with Crippen LogP contribution in [0.5, 0.6) is 0 Å². The Hall–Kier alpha value is -2.58. The average Bonchev–Trinajstić information content (AvgIpc) is 3.49. The Morgan fingerprint density at radius 1 is 0.422 bits per heavy atom. The zero-order chi connectivity index (χ0) is 60.5.